The Morgan fingerprint density at radius 3 is 2.30 bits per heavy atom. The van der Waals surface area contributed by atoms with Crippen LogP contribution in [0, 0.1) is 0 Å². The summed E-state index contributed by atoms with van der Waals surface area (Å²) in [5, 5.41) is 13.2. The number of benzene rings is 2. The van der Waals surface area contributed by atoms with Crippen molar-refractivity contribution in [1.29, 1.82) is 0 Å². The van der Waals surface area contributed by atoms with Gasteiger partial charge in [0.2, 0.25) is 0 Å². The molecule has 0 saturated carbocycles. The highest BCUT2D eigenvalue weighted by atomic mass is 35.5. The molecular formula is C15H12ClNOS2. The molecule has 0 aliphatic carbocycles. The molecule has 0 unspecified atom stereocenters. The Labute approximate surface area is 132 Å². The molecule has 0 bridgehead atoms. The number of hydrogen-bond donors (Lipinski definition) is 1. The van der Waals surface area contributed by atoms with Crippen LogP contribution in [0.5, 0.6) is 0 Å². The summed E-state index contributed by atoms with van der Waals surface area (Å²) in [6.45, 7) is 0. The minimum absolute atomic E-state index is 0.516. The third kappa shape index (κ3) is 4.07. The second kappa shape index (κ2) is 7.43. The predicted molar refractivity (Wildman–Crippen MR) is 90.4 cm³/mol. The molecule has 0 fully saturated rings. The van der Waals surface area contributed by atoms with E-state index >= 15 is 0 Å². The van der Waals surface area contributed by atoms with Crippen molar-refractivity contribution >= 4 is 45.5 Å². The van der Waals surface area contributed by atoms with Crippen molar-refractivity contribution in [2.75, 3.05) is 5.75 Å². The number of hydrogen-bond acceptors (Lipinski definition) is 4. The highest BCUT2D eigenvalue weighted by Gasteiger charge is 2.08. The summed E-state index contributed by atoms with van der Waals surface area (Å²) in [4.78, 5) is 0. The van der Waals surface area contributed by atoms with Crippen LogP contribution in [0.1, 0.15) is 11.1 Å². The summed E-state index contributed by atoms with van der Waals surface area (Å²) in [5.74, 6) is 0.516. The number of thiocarbonyl (C=S) groups is 1. The van der Waals surface area contributed by atoms with E-state index < -0.39 is 0 Å². The maximum atomic E-state index is 9.11. The molecule has 2 nitrogen and oxygen atoms in total. The molecule has 0 aliphatic rings. The molecule has 0 spiro atoms. The Hall–Kier alpha value is -1.36. The van der Waals surface area contributed by atoms with E-state index in [0.29, 0.717) is 16.5 Å². The van der Waals surface area contributed by atoms with Crippen molar-refractivity contribution in [3.05, 3.63) is 70.7 Å². The van der Waals surface area contributed by atoms with Crippen molar-refractivity contribution in [2.45, 2.75) is 0 Å². The summed E-state index contributed by atoms with van der Waals surface area (Å²) in [7, 11) is 0. The molecule has 0 heterocycles. The second-order valence-electron chi connectivity index (χ2n) is 4.00. The number of oxime groups is 1. The first-order chi connectivity index (χ1) is 9.70. The Morgan fingerprint density at radius 1 is 1.05 bits per heavy atom. The van der Waals surface area contributed by atoms with Crippen LogP contribution < -0.4 is 0 Å². The first kappa shape index (κ1) is 15.0. The van der Waals surface area contributed by atoms with Crippen LogP contribution in [0.4, 0.5) is 0 Å². The molecular weight excluding hydrogens is 310 g/mol. The van der Waals surface area contributed by atoms with Gasteiger partial charge in [0.1, 0.15) is 0 Å². The minimum atomic E-state index is 0.516. The third-order valence-corrected chi connectivity index (χ3v) is 4.40. The van der Waals surface area contributed by atoms with Gasteiger partial charge in [0, 0.05) is 16.3 Å². The zero-order chi connectivity index (χ0) is 14.4. The van der Waals surface area contributed by atoms with Crippen molar-refractivity contribution in [2.24, 2.45) is 5.16 Å². The lowest BCUT2D eigenvalue weighted by molar-refractivity contribution is 0.319. The van der Waals surface area contributed by atoms with Crippen molar-refractivity contribution in [1.82, 2.24) is 0 Å². The van der Waals surface area contributed by atoms with Gasteiger partial charge in [-0.25, -0.2) is 0 Å². The summed E-state index contributed by atoms with van der Waals surface area (Å²) >= 11 is 12.7. The lowest BCUT2D eigenvalue weighted by Gasteiger charge is -2.06. The fourth-order valence-corrected chi connectivity index (χ4v) is 2.84. The number of rotatable bonds is 4. The molecule has 0 aliphatic heterocycles. The number of nitrogens with zero attached hydrogens (tertiary/aromatic N) is 1. The van der Waals surface area contributed by atoms with E-state index in [4.69, 9.17) is 29.0 Å². The van der Waals surface area contributed by atoms with E-state index in [1.54, 1.807) is 0 Å². The van der Waals surface area contributed by atoms with Crippen LogP contribution in [-0.4, -0.2) is 20.9 Å². The van der Waals surface area contributed by atoms with E-state index in [9.17, 15) is 0 Å². The smallest absolute Gasteiger partial charge is 0.0970 e. The van der Waals surface area contributed by atoms with Gasteiger partial charge in [-0.15, -0.1) is 11.8 Å². The van der Waals surface area contributed by atoms with Gasteiger partial charge in [0.15, 0.2) is 0 Å². The predicted octanol–water partition coefficient (Wildman–Crippen LogP) is 4.63. The average Bonchev–Trinajstić information content (AvgIpc) is 2.49. The minimum Gasteiger partial charge on any atom is -0.411 e. The Kier molecular flexibility index (Phi) is 5.59. The molecule has 2 rings (SSSR count). The van der Waals surface area contributed by atoms with Crippen LogP contribution >= 0.6 is 35.6 Å². The van der Waals surface area contributed by atoms with Crippen LogP contribution in [0.3, 0.4) is 0 Å². The fraction of sp³-hybridized carbons (Fsp3) is 0.0667. The average molecular weight is 322 g/mol. The summed E-state index contributed by atoms with van der Waals surface area (Å²) < 4.78 is 0.749. The summed E-state index contributed by atoms with van der Waals surface area (Å²) in [5.41, 5.74) is 2.44. The van der Waals surface area contributed by atoms with Crippen LogP contribution in [0.25, 0.3) is 0 Å². The Bertz CT molecular complexity index is 612. The maximum Gasteiger partial charge on any atom is 0.0970 e. The van der Waals surface area contributed by atoms with Gasteiger partial charge in [0.05, 0.1) is 9.91 Å². The van der Waals surface area contributed by atoms with E-state index in [1.165, 1.54) is 11.8 Å². The lowest BCUT2D eigenvalue weighted by Crippen LogP contribution is -2.06. The van der Waals surface area contributed by atoms with Crippen LogP contribution in [0.2, 0.25) is 5.02 Å². The third-order valence-electron chi connectivity index (χ3n) is 2.65. The molecule has 2 aromatic rings. The number of thioether (sulfide) groups is 1. The van der Waals surface area contributed by atoms with E-state index in [2.05, 4.69) is 5.16 Å². The molecule has 0 amide bonds. The topological polar surface area (TPSA) is 32.6 Å². The molecule has 2 aromatic carbocycles. The van der Waals surface area contributed by atoms with E-state index in [-0.39, 0.29) is 0 Å². The molecule has 20 heavy (non-hydrogen) atoms. The molecule has 102 valence electrons. The van der Waals surface area contributed by atoms with Gasteiger partial charge in [0.25, 0.3) is 0 Å². The van der Waals surface area contributed by atoms with Crippen LogP contribution in [-0.2, 0) is 0 Å². The van der Waals surface area contributed by atoms with E-state index in [0.717, 1.165) is 15.3 Å². The van der Waals surface area contributed by atoms with Gasteiger partial charge in [-0.05, 0) is 17.7 Å². The van der Waals surface area contributed by atoms with Gasteiger partial charge in [-0.3, -0.25) is 0 Å². The van der Waals surface area contributed by atoms with Crippen LogP contribution in [0.15, 0.2) is 59.8 Å². The molecule has 0 saturated heterocycles. The summed E-state index contributed by atoms with van der Waals surface area (Å²) in [6.07, 6.45) is 0. The Balaban J connectivity index is 2.01. The highest BCUT2D eigenvalue weighted by molar-refractivity contribution is 8.24. The second-order valence-corrected chi connectivity index (χ2v) is 6.08. The zero-order valence-electron chi connectivity index (χ0n) is 10.5. The maximum absolute atomic E-state index is 9.11. The zero-order valence-corrected chi connectivity index (χ0v) is 12.9. The van der Waals surface area contributed by atoms with Gasteiger partial charge in [-0.1, -0.05) is 71.4 Å². The molecule has 5 heteroatoms. The largest absolute Gasteiger partial charge is 0.411 e. The first-order valence-corrected chi connectivity index (χ1v) is 7.67. The van der Waals surface area contributed by atoms with Gasteiger partial charge < -0.3 is 5.21 Å². The Morgan fingerprint density at radius 2 is 1.70 bits per heavy atom. The van der Waals surface area contributed by atoms with Gasteiger partial charge in [-0.2, -0.15) is 0 Å². The van der Waals surface area contributed by atoms with Gasteiger partial charge >= 0.3 is 0 Å². The standard InChI is InChI=1S/C15H12ClNOS2/c16-13-8-6-12(7-9-13)15(19)20-10-14(17-18)11-4-2-1-3-5-11/h1-9,18H,10H2/b17-14+. The monoisotopic (exact) mass is 321 g/mol. The van der Waals surface area contributed by atoms with Crippen molar-refractivity contribution in [3.8, 4) is 0 Å². The van der Waals surface area contributed by atoms with Crippen molar-refractivity contribution < 1.29 is 5.21 Å². The number of halogens is 1. The fourth-order valence-electron chi connectivity index (χ4n) is 1.60. The normalized spacial score (nSPS) is 11.3. The quantitative estimate of drug-likeness (QED) is 0.386. The lowest BCUT2D eigenvalue weighted by atomic mass is 10.1. The van der Waals surface area contributed by atoms with E-state index in [1.807, 2.05) is 54.6 Å². The summed E-state index contributed by atoms with van der Waals surface area (Å²) in [6, 6.07) is 16.9. The molecule has 0 radical (unpaired) electrons. The van der Waals surface area contributed by atoms with Crippen molar-refractivity contribution in [3.63, 3.8) is 0 Å². The first-order valence-electron chi connectivity index (χ1n) is 5.90. The molecule has 0 aromatic heterocycles. The molecule has 0 atom stereocenters. The molecule has 1 N–H and O–H groups in total. The SMILES string of the molecule is O/N=C(\CSC(=S)c1ccc(Cl)cc1)c1ccccc1. The highest BCUT2D eigenvalue weighted by Crippen LogP contribution is 2.18.